The van der Waals surface area contributed by atoms with Crippen molar-refractivity contribution in [2.75, 3.05) is 12.4 Å². The van der Waals surface area contributed by atoms with Crippen molar-refractivity contribution >= 4 is 11.7 Å². The first-order valence-electron chi connectivity index (χ1n) is 10.7. The smallest absolute Gasteiger partial charge is 0.416 e. The molecule has 2 aromatic carbocycles. The number of ether oxygens (including phenoxy) is 1. The van der Waals surface area contributed by atoms with Gasteiger partial charge in [-0.15, -0.1) is 5.10 Å². The lowest BCUT2D eigenvalue weighted by molar-refractivity contribution is -0.137. The number of fused-ring (bicyclic) bond motifs is 1. The molecule has 0 saturated heterocycles. The molecule has 0 bridgehead atoms. The highest BCUT2D eigenvalue weighted by molar-refractivity contribution is 5.95. The summed E-state index contributed by atoms with van der Waals surface area (Å²) >= 11 is 0. The fourth-order valence-corrected chi connectivity index (χ4v) is 4.17. The second kappa shape index (κ2) is 8.49. The minimum Gasteiger partial charge on any atom is -0.497 e. The highest BCUT2D eigenvalue weighted by Gasteiger charge is 2.35. The number of carbonyl (C=O) groups excluding carboxylic acids is 1. The lowest BCUT2D eigenvalue weighted by Gasteiger charge is -2.24. The molecule has 0 aliphatic carbocycles. The van der Waals surface area contributed by atoms with Gasteiger partial charge in [0.15, 0.2) is 0 Å². The second-order valence-corrected chi connectivity index (χ2v) is 8.05. The third kappa shape index (κ3) is 4.20. The first kappa shape index (κ1) is 22.5. The molecule has 1 amide bonds. The number of rotatable bonds is 4. The van der Waals surface area contributed by atoms with Gasteiger partial charge in [0, 0.05) is 23.5 Å². The highest BCUT2D eigenvalue weighted by Crippen LogP contribution is 2.40. The molecule has 0 spiro atoms. The fourth-order valence-electron chi connectivity index (χ4n) is 4.17. The van der Waals surface area contributed by atoms with Gasteiger partial charge in [0.05, 0.1) is 30.3 Å². The topological polar surface area (TPSA) is 94.8 Å². The van der Waals surface area contributed by atoms with Crippen LogP contribution in [0, 0.1) is 6.92 Å². The van der Waals surface area contributed by atoms with Gasteiger partial charge in [-0.1, -0.05) is 12.1 Å². The van der Waals surface area contributed by atoms with Crippen LogP contribution in [0.1, 0.15) is 34.7 Å². The normalized spacial score (nSPS) is 15.5. The zero-order valence-corrected chi connectivity index (χ0v) is 18.7. The Balaban J connectivity index is 1.55. The Bertz CT molecular complexity index is 1400. The summed E-state index contributed by atoms with van der Waals surface area (Å²) in [5.74, 6) is 0.466. The molecule has 3 heterocycles. The first-order valence-corrected chi connectivity index (χ1v) is 10.7. The van der Waals surface area contributed by atoms with Gasteiger partial charge in [-0.2, -0.15) is 28.1 Å². The molecule has 4 aromatic rings. The fraction of sp³-hybridized carbons (Fsp3) is 0.208. The largest absolute Gasteiger partial charge is 0.497 e. The van der Waals surface area contributed by atoms with Crippen LogP contribution in [0.5, 0.6) is 5.75 Å². The number of aryl methyl sites for hydroxylation is 1. The van der Waals surface area contributed by atoms with E-state index >= 15 is 0 Å². The Kier molecular flexibility index (Phi) is 5.46. The molecule has 178 valence electrons. The molecule has 1 aliphatic heterocycles. The second-order valence-electron chi connectivity index (χ2n) is 8.05. The molecule has 5 rings (SSSR count). The first-order chi connectivity index (χ1) is 16.7. The summed E-state index contributed by atoms with van der Waals surface area (Å²) < 4.78 is 45.6. The summed E-state index contributed by atoms with van der Waals surface area (Å²) in [5.41, 5.74) is 2.46. The lowest BCUT2D eigenvalue weighted by atomic mass is 9.85. The molecule has 1 aliphatic rings. The number of nitrogens with zero attached hydrogens (tertiary/aromatic N) is 5. The van der Waals surface area contributed by atoms with Crippen molar-refractivity contribution < 1.29 is 22.7 Å². The van der Waals surface area contributed by atoms with Crippen LogP contribution >= 0.6 is 0 Å². The summed E-state index contributed by atoms with van der Waals surface area (Å²) in [7, 11) is 1.58. The van der Waals surface area contributed by atoms with E-state index in [1.54, 1.807) is 26.2 Å². The van der Waals surface area contributed by atoms with Crippen LogP contribution in [-0.4, -0.2) is 38.0 Å². The maximum atomic E-state index is 13.0. The van der Waals surface area contributed by atoms with E-state index in [4.69, 9.17) is 4.74 Å². The summed E-state index contributed by atoms with van der Waals surface area (Å²) in [6, 6.07) is 12.1. The minimum absolute atomic E-state index is 0.0793. The third-order valence-electron chi connectivity index (χ3n) is 5.87. The van der Waals surface area contributed by atoms with E-state index < -0.39 is 17.7 Å². The van der Waals surface area contributed by atoms with Gasteiger partial charge >= 0.3 is 6.18 Å². The predicted octanol–water partition coefficient (Wildman–Crippen LogP) is 4.53. The van der Waals surface area contributed by atoms with E-state index in [-0.39, 0.29) is 18.3 Å². The molecule has 0 fully saturated rings. The van der Waals surface area contributed by atoms with Crippen LogP contribution in [0.3, 0.4) is 0 Å². The minimum atomic E-state index is -4.44. The maximum Gasteiger partial charge on any atom is 0.416 e. The van der Waals surface area contributed by atoms with E-state index in [1.165, 1.54) is 23.0 Å². The zero-order chi connectivity index (χ0) is 24.7. The number of nitrogens with one attached hydrogen (secondary N) is 1. The van der Waals surface area contributed by atoms with Crippen molar-refractivity contribution in [2.24, 2.45) is 0 Å². The van der Waals surface area contributed by atoms with Crippen molar-refractivity contribution in [2.45, 2.75) is 25.4 Å². The average molecular weight is 480 g/mol. The Labute approximate surface area is 197 Å². The van der Waals surface area contributed by atoms with Crippen LogP contribution in [0.2, 0.25) is 0 Å². The van der Waals surface area contributed by atoms with Crippen molar-refractivity contribution in [3.05, 3.63) is 77.1 Å². The number of hydrogen-bond donors (Lipinski definition) is 1. The molecule has 11 heteroatoms. The molecular formula is C24H19F3N6O2. The molecule has 1 atom stereocenters. The third-order valence-corrected chi connectivity index (χ3v) is 5.87. The molecular weight excluding hydrogens is 461 g/mol. The summed E-state index contributed by atoms with van der Waals surface area (Å²) in [6.45, 7) is 1.77. The summed E-state index contributed by atoms with van der Waals surface area (Å²) in [6.07, 6.45) is -2.85. The number of benzene rings is 2. The Morgan fingerprint density at radius 2 is 1.80 bits per heavy atom. The van der Waals surface area contributed by atoms with E-state index in [0.29, 0.717) is 34.1 Å². The van der Waals surface area contributed by atoms with Gasteiger partial charge in [0.25, 0.3) is 5.95 Å². The van der Waals surface area contributed by atoms with Crippen LogP contribution in [0.4, 0.5) is 19.0 Å². The zero-order valence-electron chi connectivity index (χ0n) is 18.7. The number of carbonyl (C=O) groups is 1. The molecule has 2 aromatic heterocycles. The van der Waals surface area contributed by atoms with Crippen LogP contribution in [-0.2, 0) is 11.0 Å². The standard InChI is InChI=1S/C24H19F3N6O2/c1-13-21-18(14-3-7-16(8-4-14)24(25,26)27)11-20(34)30-22(21)33(32-13)23-29-19(12-28-31-23)15-5-9-17(35-2)10-6-15/h3-10,12,18H,11H2,1-2H3,(H,30,34)/t18-/m1/s1. The number of anilines is 1. The van der Waals surface area contributed by atoms with Gasteiger partial charge in [0.1, 0.15) is 11.6 Å². The number of amides is 1. The average Bonchev–Trinajstić information content (AvgIpc) is 3.19. The maximum absolute atomic E-state index is 13.0. The molecule has 0 radical (unpaired) electrons. The molecule has 1 N–H and O–H groups in total. The van der Waals surface area contributed by atoms with Crippen LogP contribution in [0.15, 0.2) is 54.7 Å². The SMILES string of the molecule is COc1ccc(-c2cnnc(-n3nc(C)c4c3NC(=O)C[C@@H]4c3ccc(C(F)(F)F)cc3)n2)cc1. The van der Waals surface area contributed by atoms with E-state index in [0.717, 1.165) is 17.7 Å². The van der Waals surface area contributed by atoms with Crippen molar-refractivity contribution in [1.29, 1.82) is 0 Å². The molecule has 0 unspecified atom stereocenters. The van der Waals surface area contributed by atoms with Crippen LogP contribution in [0.25, 0.3) is 17.2 Å². The van der Waals surface area contributed by atoms with E-state index in [1.807, 2.05) is 12.1 Å². The Hall–Kier alpha value is -4.28. The summed E-state index contributed by atoms with van der Waals surface area (Å²) in [5, 5.41) is 15.5. The number of halogens is 3. The van der Waals surface area contributed by atoms with Gasteiger partial charge in [-0.3, -0.25) is 4.79 Å². The predicted molar refractivity (Wildman–Crippen MR) is 120 cm³/mol. The lowest BCUT2D eigenvalue weighted by Crippen LogP contribution is -2.25. The van der Waals surface area contributed by atoms with Crippen molar-refractivity contribution in [3.63, 3.8) is 0 Å². The van der Waals surface area contributed by atoms with Crippen molar-refractivity contribution in [3.8, 4) is 23.0 Å². The number of hydrogen-bond acceptors (Lipinski definition) is 6. The van der Waals surface area contributed by atoms with E-state index in [2.05, 4.69) is 25.6 Å². The van der Waals surface area contributed by atoms with Crippen LogP contribution < -0.4 is 10.1 Å². The Morgan fingerprint density at radius 3 is 2.46 bits per heavy atom. The van der Waals surface area contributed by atoms with E-state index in [9.17, 15) is 18.0 Å². The van der Waals surface area contributed by atoms with Gasteiger partial charge in [-0.25, -0.2) is 4.98 Å². The van der Waals surface area contributed by atoms with Gasteiger partial charge in [0.2, 0.25) is 5.91 Å². The number of alkyl halides is 3. The van der Waals surface area contributed by atoms with Crippen molar-refractivity contribution in [1.82, 2.24) is 25.0 Å². The number of methoxy groups -OCH3 is 1. The van der Waals surface area contributed by atoms with Gasteiger partial charge in [-0.05, 0) is 48.9 Å². The molecule has 0 saturated carbocycles. The highest BCUT2D eigenvalue weighted by atomic mass is 19.4. The number of aromatic nitrogens is 5. The summed E-state index contributed by atoms with van der Waals surface area (Å²) in [4.78, 5) is 17.1. The van der Waals surface area contributed by atoms with Gasteiger partial charge < -0.3 is 10.1 Å². The quantitative estimate of drug-likeness (QED) is 0.461. The Morgan fingerprint density at radius 1 is 1.09 bits per heavy atom. The monoisotopic (exact) mass is 480 g/mol. The molecule has 35 heavy (non-hydrogen) atoms. The molecule has 8 nitrogen and oxygen atoms in total.